The van der Waals surface area contributed by atoms with E-state index in [9.17, 15) is 24.4 Å². The van der Waals surface area contributed by atoms with Crippen molar-refractivity contribution in [3.8, 4) is 0 Å². The highest BCUT2D eigenvalue weighted by Crippen LogP contribution is 2.21. The molecule has 0 bridgehead atoms. The van der Waals surface area contributed by atoms with Gasteiger partial charge < -0.3 is 15.2 Å². The maximum Gasteiger partial charge on any atom is 0.306 e. The second-order valence-electron chi connectivity index (χ2n) is 2.34. The van der Waals surface area contributed by atoms with E-state index in [0.717, 1.165) is 18.2 Å². The van der Waals surface area contributed by atoms with Crippen molar-refractivity contribution < 1.29 is 19.2 Å². The van der Waals surface area contributed by atoms with E-state index in [1.807, 2.05) is 0 Å². The smallest absolute Gasteiger partial charge is 0.306 e. The maximum atomic E-state index is 12.7. The first-order valence-corrected chi connectivity index (χ1v) is 3.42. The molecule has 0 saturated heterocycles. The lowest BCUT2D eigenvalue weighted by molar-refractivity contribution is -0.387. The van der Waals surface area contributed by atoms with Crippen LogP contribution in [-0.4, -0.2) is 11.0 Å². The second-order valence-corrected chi connectivity index (χ2v) is 2.34. The standard InChI is InChI=1S/C7H5FN2O4/c8-5-2-1-4(9-7(11)12)3-6(5)10(13)14/h1-3,9H,(H,11,12)/p-1. The summed E-state index contributed by atoms with van der Waals surface area (Å²) in [4.78, 5) is 19.3. The Morgan fingerprint density at radius 1 is 1.50 bits per heavy atom. The van der Waals surface area contributed by atoms with Crippen molar-refractivity contribution >= 4 is 17.5 Å². The Labute approximate surface area is 77.1 Å². The number of carbonyl (C=O) groups excluding carboxylic acids is 1. The van der Waals surface area contributed by atoms with Crippen molar-refractivity contribution in [1.29, 1.82) is 0 Å². The second kappa shape index (κ2) is 3.69. The normalized spacial score (nSPS) is 9.50. The molecule has 0 radical (unpaired) electrons. The predicted octanol–water partition coefficient (Wildman–Crippen LogP) is 0.489. The Morgan fingerprint density at radius 3 is 2.64 bits per heavy atom. The number of nitrogens with zero attached hydrogens (tertiary/aromatic N) is 1. The van der Waals surface area contributed by atoms with Crippen molar-refractivity contribution in [3.05, 3.63) is 34.1 Å². The van der Waals surface area contributed by atoms with E-state index >= 15 is 0 Å². The van der Waals surface area contributed by atoms with Crippen LogP contribution in [0.15, 0.2) is 18.2 Å². The van der Waals surface area contributed by atoms with Gasteiger partial charge in [0, 0.05) is 11.8 Å². The largest absolute Gasteiger partial charge is 0.530 e. The van der Waals surface area contributed by atoms with Gasteiger partial charge in [-0.05, 0) is 12.1 Å². The number of halogens is 1. The van der Waals surface area contributed by atoms with Crippen LogP contribution < -0.4 is 10.4 Å². The number of carbonyl (C=O) groups is 1. The lowest BCUT2D eigenvalue weighted by atomic mass is 10.2. The van der Waals surface area contributed by atoms with Gasteiger partial charge in [0.25, 0.3) is 0 Å². The van der Waals surface area contributed by atoms with E-state index in [4.69, 9.17) is 0 Å². The van der Waals surface area contributed by atoms with E-state index < -0.39 is 22.5 Å². The van der Waals surface area contributed by atoms with Gasteiger partial charge in [0.1, 0.15) is 6.09 Å². The molecule has 0 aliphatic heterocycles. The van der Waals surface area contributed by atoms with Crippen molar-refractivity contribution in [2.75, 3.05) is 5.32 Å². The summed E-state index contributed by atoms with van der Waals surface area (Å²) in [6.45, 7) is 0. The molecule has 0 spiro atoms. The molecule has 0 aromatic heterocycles. The monoisotopic (exact) mass is 199 g/mol. The molecular formula is C7H4FN2O4-. The zero-order chi connectivity index (χ0) is 10.7. The fraction of sp³-hybridized carbons (Fsp3) is 0. The Bertz CT molecular complexity index is 393. The molecule has 6 nitrogen and oxygen atoms in total. The number of benzene rings is 1. The zero-order valence-electron chi connectivity index (χ0n) is 6.69. The average Bonchev–Trinajstić information content (AvgIpc) is 2.07. The molecule has 0 aliphatic rings. The molecule has 14 heavy (non-hydrogen) atoms. The molecule has 74 valence electrons. The lowest BCUT2D eigenvalue weighted by Crippen LogP contribution is -2.28. The number of hydrogen-bond acceptors (Lipinski definition) is 4. The van der Waals surface area contributed by atoms with Gasteiger partial charge in [-0.1, -0.05) is 0 Å². The number of nitro benzene ring substituents is 1. The maximum absolute atomic E-state index is 12.7. The average molecular weight is 199 g/mol. The predicted molar refractivity (Wildman–Crippen MR) is 42.1 cm³/mol. The highest BCUT2D eigenvalue weighted by atomic mass is 19.1. The van der Waals surface area contributed by atoms with Crippen LogP contribution in [0.1, 0.15) is 0 Å². The topological polar surface area (TPSA) is 95.3 Å². The van der Waals surface area contributed by atoms with Crippen LogP contribution in [0.25, 0.3) is 0 Å². The Hall–Kier alpha value is -2.18. The van der Waals surface area contributed by atoms with E-state index in [2.05, 4.69) is 0 Å². The first-order valence-electron chi connectivity index (χ1n) is 3.42. The van der Waals surface area contributed by atoms with Crippen molar-refractivity contribution in [2.45, 2.75) is 0 Å². The molecule has 0 aliphatic carbocycles. The summed E-state index contributed by atoms with van der Waals surface area (Å²) in [6, 6.07) is 2.62. The van der Waals surface area contributed by atoms with Crippen LogP contribution in [-0.2, 0) is 0 Å². The number of carboxylic acid groups (broad SMARTS) is 1. The number of rotatable bonds is 2. The third-order valence-electron chi connectivity index (χ3n) is 1.39. The summed E-state index contributed by atoms with van der Waals surface area (Å²) in [6.07, 6.45) is -1.62. The zero-order valence-corrected chi connectivity index (χ0v) is 6.69. The van der Waals surface area contributed by atoms with Gasteiger partial charge in [0.2, 0.25) is 5.82 Å². The fourth-order valence-electron chi connectivity index (χ4n) is 0.848. The minimum absolute atomic E-state index is 0.113. The Kier molecular flexibility index (Phi) is 2.61. The lowest BCUT2D eigenvalue weighted by Gasteiger charge is -2.05. The number of nitro groups is 1. The van der Waals surface area contributed by atoms with Crippen LogP contribution in [0.3, 0.4) is 0 Å². The Morgan fingerprint density at radius 2 is 2.14 bits per heavy atom. The van der Waals surface area contributed by atoms with Gasteiger partial charge >= 0.3 is 5.69 Å². The number of nitrogens with one attached hydrogen (secondary N) is 1. The van der Waals surface area contributed by atoms with Crippen LogP contribution >= 0.6 is 0 Å². The highest BCUT2D eigenvalue weighted by molar-refractivity contribution is 5.81. The number of hydrogen-bond donors (Lipinski definition) is 1. The van der Waals surface area contributed by atoms with E-state index in [1.54, 1.807) is 5.32 Å². The minimum Gasteiger partial charge on any atom is -0.530 e. The minimum atomic E-state index is -1.62. The molecular weight excluding hydrogens is 195 g/mol. The van der Waals surface area contributed by atoms with Crippen LogP contribution in [0.4, 0.5) is 20.6 Å². The van der Waals surface area contributed by atoms with E-state index in [1.165, 1.54) is 0 Å². The van der Waals surface area contributed by atoms with Crippen molar-refractivity contribution in [2.24, 2.45) is 0 Å². The third kappa shape index (κ3) is 2.16. The van der Waals surface area contributed by atoms with Crippen molar-refractivity contribution in [1.82, 2.24) is 0 Å². The van der Waals surface area contributed by atoms with Crippen molar-refractivity contribution in [3.63, 3.8) is 0 Å². The Balaban J connectivity index is 3.06. The molecule has 1 aromatic rings. The number of anilines is 1. The first-order chi connectivity index (χ1) is 6.50. The number of amides is 1. The van der Waals surface area contributed by atoms with Gasteiger partial charge in [-0.3, -0.25) is 10.1 Å². The summed E-state index contributed by atoms with van der Waals surface area (Å²) in [5, 5.41) is 22.0. The van der Waals surface area contributed by atoms with Gasteiger partial charge in [0.15, 0.2) is 0 Å². The van der Waals surface area contributed by atoms with Gasteiger partial charge in [-0.2, -0.15) is 4.39 Å². The SMILES string of the molecule is O=C([O-])Nc1ccc(F)c([N+](=O)[O-])c1. The molecule has 0 fully saturated rings. The summed E-state index contributed by atoms with van der Waals surface area (Å²) in [5.74, 6) is -1.03. The summed E-state index contributed by atoms with van der Waals surface area (Å²) in [7, 11) is 0. The van der Waals surface area contributed by atoms with E-state index in [-0.39, 0.29) is 5.69 Å². The quantitative estimate of drug-likeness (QED) is 0.553. The molecule has 7 heteroatoms. The summed E-state index contributed by atoms with van der Waals surface area (Å²) in [5.41, 5.74) is -0.908. The van der Waals surface area contributed by atoms with Gasteiger partial charge in [-0.25, -0.2) is 0 Å². The molecule has 0 saturated carbocycles. The van der Waals surface area contributed by atoms with Gasteiger partial charge in [0.05, 0.1) is 4.92 Å². The van der Waals surface area contributed by atoms with E-state index in [0.29, 0.717) is 0 Å². The molecule has 1 amide bonds. The molecule has 0 heterocycles. The molecule has 1 aromatic carbocycles. The third-order valence-corrected chi connectivity index (χ3v) is 1.39. The van der Waals surface area contributed by atoms with Crippen LogP contribution in [0.5, 0.6) is 0 Å². The highest BCUT2D eigenvalue weighted by Gasteiger charge is 2.13. The fourth-order valence-corrected chi connectivity index (χ4v) is 0.848. The summed E-state index contributed by atoms with van der Waals surface area (Å²) < 4.78 is 12.7. The van der Waals surface area contributed by atoms with Crippen LogP contribution in [0.2, 0.25) is 0 Å². The summed E-state index contributed by atoms with van der Waals surface area (Å²) >= 11 is 0. The van der Waals surface area contributed by atoms with Gasteiger partial charge in [-0.15, -0.1) is 0 Å². The first kappa shape index (κ1) is 9.90. The molecule has 1 N–H and O–H groups in total. The molecule has 1 rings (SSSR count). The molecule has 0 unspecified atom stereocenters. The molecule has 0 atom stereocenters. The van der Waals surface area contributed by atoms with Crippen LogP contribution in [0, 0.1) is 15.9 Å².